The standard InChI is InChI=1S/C16H13FN2OS2/c1-9-7-8-21-14(9)15(20)19-16-18-13(10(2)22-16)11-3-5-12(17)6-4-11/h3-8H,1-2H3,(H,18,19,20). The third-order valence-corrected chi connectivity index (χ3v) is 5.10. The van der Waals surface area contributed by atoms with Gasteiger partial charge >= 0.3 is 0 Å². The van der Waals surface area contributed by atoms with Crippen molar-refractivity contribution in [3.63, 3.8) is 0 Å². The fourth-order valence-electron chi connectivity index (χ4n) is 2.08. The number of hydrogen-bond donors (Lipinski definition) is 1. The van der Waals surface area contributed by atoms with Crippen molar-refractivity contribution in [1.82, 2.24) is 4.98 Å². The largest absolute Gasteiger partial charge is 0.297 e. The number of nitrogens with one attached hydrogen (secondary N) is 1. The van der Waals surface area contributed by atoms with Gasteiger partial charge in [-0.2, -0.15) is 0 Å². The van der Waals surface area contributed by atoms with Crippen LogP contribution in [0, 0.1) is 19.7 Å². The Hall–Kier alpha value is -2.05. The maximum Gasteiger partial charge on any atom is 0.267 e. The molecule has 22 heavy (non-hydrogen) atoms. The molecule has 1 N–H and O–H groups in total. The minimum atomic E-state index is -0.279. The molecule has 1 amide bonds. The van der Waals surface area contributed by atoms with E-state index in [0.717, 1.165) is 21.7 Å². The monoisotopic (exact) mass is 332 g/mol. The Morgan fingerprint density at radius 2 is 1.91 bits per heavy atom. The molecule has 0 unspecified atom stereocenters. The van der Waals surface area contributed by atoms with Crippen molar-refractivity contribution in [2.24, 2.45) is 0 Å². The predicted octanol–water partition coefficient (Wildman–Crippen LogP) is 4.88. The van der Waals surface area contributed by atoms with Crippen molar-refractivity contribution in [3.8, 4) is 11.3 Å². The number of rotatable bonds is 3. The number of amides is 1. The van der Waals surface area contributed by atoms with Gasteiger partial charge in [0.05, 0.1) is 10.6 Å². The maximum atomic E-state index is 13.0. The van der Waals surface area contributed by atoms with Crippen LogP contribution in [0.3, 0.4) is 0 Å². The van der Waals surface area contributed by atoms with Gasteiger partial charge in [0.2, 0.25) is 0 Å². The third-order valence-electron chi connectivity index (χ3n) is 3.20. The second-order valence-corrected chi connectivity index (χ2v) is 6.94. The molecular formula is C16H13FN2OS2. The molecule has 3 rings (SSSR count). The summed E-state index contributed by atoms with van der Waals surface area (Å²) in [5, 5.41) is 5.27. The number of aromatic nitrogens is 1. The van der Waals surface area contributed by atoms with E-state index in [0.29, 0.717) is 10.0 Å². The van der Waals surface area contributed by atoms with Crippen LogP contribution < -0.4 is 5.32 Å². The van der Waals surface area contributed by atoms with E-state index in [-0.39, 0.29) is 11.7 Å². The number of aryl methyl sites for hydroxylation is 2. The summed E-state index contributed by atoms with van der Waals surface area (Å²) in [6, 6.07) is 8.10. The molecule has 1 aromatic carbocycles. The molecule has 2 heterocycles. The summed E-state index contributed by atoms with van der Waals surface area (Å²) in [5.41, 5.74) is 2.56. The van der Waals surface area contributed by atoms with Crippen LogP contribution in [0.4, 0.5) is 9.52 Å². The van der Waals surface area contributed by atoms with Crippen LogP contribution in [0.1, 0.15) is 20.1 Å². The number of thiazole rings is 1. The van der Waals surface area contributed by atoms with E-state index in [1.807, 2.05) is 25.3 Å². The molecule has 112 valence electrons. The lowest BCUT2D eigenvalue weighted by Gasteiger charge is -2.00. The highest BCUT2D eigenvalue weighted by Gasteiger charge is 2.15. The smallest absolute Gasteiger partial charge is 0.267 e. The topological polar surface area (TPSA) is 42.0 Å². The van der Waals surface area contributed by atoms with Gasteiger partial charge in [-0.3, -0.25) is 10.1 Å². The van der Waals surface area contributed by atoms with Gasteiger partial charge in [-0.05, 0) is 55.1 Å². The van der Waals surface area contributed by atoms with Crippen LogP contribution in [0.2, 0.25) is 0 Å². The highest BCUT2D eigenvalue weighted by Crippen LogP contribution is 2.31. The first-order valence-electron chi connectivity index (χ1n) is 6.63. The summed E-state index contributed by atoms with van der Waals surface area (Å²) in [6.07, 6.45) is 0. The highest BCUT2D eigenvalue weighted by atomic mass is 32.1. The number of thiophene rings is 1. The fourth-order valence-corrected chi connectivity index (χ4v) is 3.74. The van der Waals surface area contributed by atoms with E-state index < -0.39 is 0 Å². The molecule has 0 aliphatic heterocycles. The van der Waals surface area contributed by atoms with Gasteiger partial charge in [-0.25, -0.2) is 9.37 Å². The molecular weight excluding hydrogens is 319 g/mol. The van der Waals surface area contributed by atoms with E-state index >= 15 is 0 Å². The zero-order chi connectivity index (χ0) is 15.7. The van der Waals surface area contributed by atoms with Crippen molar-refractivity contribution in [1.29, 1.82) is 0 Å². The Kier molecular flexibility index (Phi) is 4.04. The summed E-state index contributed by atoms with van der Waals surface area (Å²) in [5.74, 6) is -0.426. The fraction of sp³-hybridized carbons (Fsp3) is 0.125. The number of carbonyl (C=O) groups excluding carboxylic acids is 1. The molecule has 2 aromatic heterocycles. The first-order chi connectivity index (χ1) is 10.5. The molecule has 3 aromatic rings. The number of benzene rings is 1. The van der Waals surface area contributed by atoms with Crippen LogP contribution in [-0.4, -0.2) is 10.9 Å². The van der Waals surface area contributed by atoms with Gasteiger partial charge in [-0.15, -0.1) is 22.7 Å². The third kappa shape index (κ3) is 2.93. The molecule has 0 radical (unpaired) electrons. The molecule has 0 saturated carbocycles. The summed E-state index contributed by atoms with van der Waals surface area (Å²) in [4.78, 5) is 18.3. The molecule has 0 bridgehead atoms. The highest BCUT2D eigenvalue weighted by molar-refractivity contribution is 7.16. The van der Waals surface area contributed by atoms with Crippen molar-refractivity contribution in [2.45, 2.75) is 13.8 Å². The normalized spacial score (nSPS) is 10.7. The molecule has 0 saturated heterocycles. The molecule has 3 nitrogen and oxygen atoms in total. The Morgan fingerprint density at radius 3 is 2.55 bits per heavy atom. The lowest BCUT2D eigenvalue weighted by atomic mass is 10.1. The molecule has 0 aliphatic carbocycles. The minimum Gasteiger partial charge on any atom is -0.297 e. The van der Waals surface area contributed by atoms with Crippen LogP contribution in [0.25, 0.3) is 11.3 Å². The molecule has 0 atom stereocenters. The van der Waals surface area contributed by atoms with E-state index in [4.69, 9.17) is 0 Å². The van der Waals surface area contributed by atoms with Crippen LogP contribution in [0.5, 0.6) is 0 Å². The predicted molar refractivity (Wildman–Crippen MR) is 89.3 cm³/mol. The van der Waals surface area contributed by atoms with Gasteiger partial charge in [-0.1, -0.05) is 0 Å². The van der Waals surface area contributed by atoms with Gasteiger partial charge in [0, 0.05) is 10.4 Å². The minimum absolute atomic E-state index is 0.146. The first-order valence-corrected chi connectivity index (χ1v) is 8.33. The van der Waals surface area contributed by atoms with E-state index in [9.17, 15) is 9.18 Å². The average molecular weight is 332 g/mol. The Labute approximate surface area is 135 Å². The van der Waals surface area contributed by atoms with E-state index in [1.165, 1.54) is 34.8 Å². The molecule has 0 spiro atoms. The zero-order valence-electron chi connectivity index (χ0n) is 12.0. The maximum absolute atomic E-state index is 13.0. The summed E-state index contributed by atoms with van der Waals surface area (Å²) >= 11 is 2.82. The van der Waals surface area contributed by atoms with Crippen LogP contribution in [0.15, 0.2) is 35.7 Å². The Balaban J connectivity index is 1.85. The van der Waals surface area contributed by atoms with Gasteiger partial charge < -0.3 is 0 Å². The lowest BCUT2D eigenvalue weighted by Crippen LogP contribution is -2.10. The first kappa shape index (κ1) is 14.9. The van der Waals surface area contributed by atoms with Crippen molar-refractivity contribution < 1.29 is 9.18 Å². The van der Waals surface area contributed by atoms with E-state index in [2.05, 4.69) is 10.3 Å². The number of hydrogen-bond acceptors (Lipinski definition) is 4. The van der Waals surface area contributed by atoms with Crippen LogP contribution in [-0.2, 0) is 0 Å². The number of carbonyl (C=O) groups is 1. The molecule has 6 heteroatoms. The van der Waals surface area contributed by atoms with Gasteiger partial charge in [0.25, 0.3) is 5.91 Å². The second kappa shape index (κ2) is 5.98. The van der Waals surface area contributed by atoms with Crippen molar-refractivity contribution in [3.05, 3.63) is 56.8 Å². The second-order valence-electron chi connectivity index (χ2n) is 4.82. The van der Waals surface area contributed by atoms with Crippen molar-refractivity contribution in [2.75, 3.05) is 5.32 Å². The van der Waals surface area contributed by atoms with Crippen LogP contribution >= 0.6 is 22.7 Å². The summed E-state index contributed by atoms with van der Waals surface area (Å²) in [7, 11) is 0. The van der Waals surface area contributed by atoms with Gasteiger partial charge in [0.1, 0.15) is 5.82 Å². The lowest BCUT2D eigenvalue weighted by molar-refractivity contribution is 0.103. The number of nitrogens with zero attached hydrogens (tertiary/aromatic N) is 1. The zero-order valence-corrected chi connectivity index (χ0v) is 13.6. The molecule has 0 fully saturated rings. The Bertz CT molecular complexity index is 821. The average Bonchev–Trinajstić information content (AvgIpc) is 3.06. The summed E-state index contributed by atoms with van der Waals surface area (Å²) in [6.45, 7) is 3.84. The molecule has 0 aliphatic rings. The van der Waals surface area contributed by atoms with E-state index in [1.54, 1.807) is 12.1 Å². The van der Waals surface area contributed by atoms with Crippen molar-refractivity contribution >= 4 is 33.7 Å². The van der Waals surface area contributed by atoms with Gasteiger partial charge in [0.15, 0.2) is 5.13 Å². The Morgan fingerprint density at radius 1 is 1.18 bits per heavy atom. The number of halogens is 1. The summed E-state index contributed by atoms with van der Waals surface area (Å²) < 4.78 is 13.0. The number of anilines is 1. The SMILES string of the molecule is Cc1ccsc1C(=O)Nc1nc(-c2ccc(F)cc2)c(C)s1. The quantitative estimate of drug-likeness (QED) is 0.743.